The van der Waals surface area contributed by atoms with Crippen LogP contribution in [0.5, 0.6) is 0 Å². The Kier molecular flexibility index (Phi) is 7.51. The number of benzene rings is 9. The monoisotopic (exact) mass is 829 g/mol. The van der Waals surface area contributed by atoms with Crippen LogP contribution in [0.4, 0.5) is 0 Å². The second kappa shape index (κ2) is 13.6. The molecule has 0 saturated carbocycles. The lowest BCUT2D eigenvalue weighted by Gasteiger charge is -2.30. The molecule has 302 valence electrons. The van der Waals surface area contributed by atoms with Gasteiger partial charge in [0, 0.05) is 33.2 Å². The molecular weight excluding hydrogens is 795 g/mol. The summed E-state index contributed by atoms with van der Waals surface area (Å²) in [4.78, 5) is 21.4. The van der Waals surface area contributed by atoms with Gasteiger partial charge in [0.1, 0.15) is 17.0 Å². The topological polar surface area (TPSA) is 69.6 Å². The van der Waals surface area contributed by atoms with Gasteiger partial charge in [0.05, 0.1) is 22.0 Å². The molecule has 0 atom stereocenters. The molecule has 9 aromatic carbocycles. The zero-order valence-corrected chi connectivity index (χ0v) is 34.9. The van der Waals surface area contributed by atoms with E-state index in [1.807, 2.05) is 30.3 Å². The number of imidazole rings is 1. The third kappa shape index (κ3) is 5.05. The predicted octanol–water partition coefficient (Wildman–Crippen LogP) is 14.1. The van der Waals surface area contributed by atoms with Crippen molar-refractivity contribution in [3.05, 3.63) is 235 Å². The number of hydrogen-bond donors (Lipinski definition) is 0. The highest BCUT2D eigenvalue weighted by molar-refractivity contribution is 6.09. The highest BCUT2D eigenvalue weighted by atomic mass is 16.3. The summed E-state index contributed by atoms with van der Waals surface area (Å²) in [6.07, 6.45) is 0. The van der Waals surface area contributed by atoms with E-state index in [2.05, 4.69) is 187 Å². The molecule has 12 aromatic rings. The molecular formula is C59H35N5O. The molecule has 0 saturated heterocycles. The first-order chi connectivity index (χ1) is 32.2. The Balaban J connectivity index is 1.03. The largest absolute Gasteiger partial charge is 0.455 e. The van der Waals surface area contributed by atoms with Crippen molar-refractivity contribution in [1.82, 2.24) is 24.5 Å². The number of fused-ring (bicyclic) bond motifs is 14. The smallest absolute Gasteiger partial charge is 0.167 e. The van der Waals surface area contributed by atoms with Crippen LogP contribution >= 0.6 is 0 Å². The molecule has 2 aliphatic carbocycles. The Morgan fingerprint density at radius 3 is 1.75 bits per heavy atom. The van der Waals surface area contributed by atoms with Crippen LogP contribution in [-0.4, -0.2) is 24.5 Å². The molecule has 3 heterocycles. The highest BCUT2D eigenvalue weighted by Crippen LogP contribution is 2.63. The number of rotatable bonds is 5. The molecule has 65 heavy (non-hydrogen) atoms. The maximum Gasteiger partial charge on any atom is 0.167 e. The summed E-state index contributed by atoms with van der Waals surface area (Å²) >= 11 is 0. The average Bonchev–Trinajstić information content (AvgIpc) is 4.12. The molecule has 0 bridgehead atoms. The van der Waals surface area contributed by atoms with Gasteiger partial charge in [0.2, 0.25) is 0 Å². The van der Waals surface area contributed by atoms with Gasteiger partial charge < -0.3 is 4.42 Å². The SMILES string of the molecule is c1ccc(-c2nc3ccccc3n2-c2cccc(-c3nc(-c4cccc5c4-c4ccccc4C54c5ccccc5-c5ccccc54)nc(-c4cccc5c4oc4ccccc45)n3)c2)cc1. The average molecular weight is 830 g/mol. The molecule has 14 rings (SSSR count). The van der Waals surface area contributed by atoms with E-state index in [0.717, 1.165) is 72.3 Å². The Hall–Kier alpha value is -8.74. The van der Waals surface area contributed by atoms with Gasteiger partial charge in [-0.1, -0.05) is 176 Å². The normalized spacial score (nSPS) is 13.0. The van der Waals surface area contributed by atoms with Gasteiger partial charge in [-0.05, 0) is 80.9 Å². The molecule has 2 aliphatic rings. The fraction of sp³-hybridized carbons (Fsp3) is 0.0169. The van der Waals surface area contributed by atoms with E-state index in [4.69, 9.17) is 24.4 Å². The molecule has 0 radical (unpaired) electrons. The second-order valence-corrected chi connectivity index (χ2v) is 16.9. The lowest BCUT2D eigenvalue weighted by Crippen LogP contribution is -2.25. The summed E-state index contributed by atoms with van der Waals surface area (Å²) in [5.41, 5.74) is 17.5. The first kappa shape index (κ1) is 35.8. The molecule has 6 heteroatoms. The zero-order valence-electron chi connectivity index (χ0n) is 34.9. The van der Waals surface area contributed by atoms with Crippen LogP contribution in [0.1, 0.15) is 22.3 Å². The maximum absolute atomic E-state index is 6.63. The molecule has 0 unspecified atom stereocenters. The van der Waals surface area contributed by atoms with Gasteiger partial charge in [0.15, 0.2) is 17.5 Å². The van der Waals surface area contributed by atoms with Crippen LogP contribution in [0, 0.1) is 0 Å². The van der Waals surface area contributed by atoms with E-state index in [-0.39, 0.29) is 0 Å². The Labute approximate surface area is 373 Å². The second-order valence-electron chi connectivity index (χ2n) is 16.9. The third-order valence-corrected chi connectivity index (χ3v) is 13.5. The highest BCUT2D eigenvalue weighted by Gasteiger charge is 2.52. The van der Waals surface area contributed by atoms with Gasteiger partial charge in [-0.2, -0.15) is 0 Å². The Morgan fingerprint density at radius 2 is 0.938 bits per heavy atom. The lowest BCUT2D eigenvalue weighted by molar-refractivity contribution is 0.669. The molecule has 3 aromatic heterocycles. The van der Waals surface area contributed by atoms with E-state index in [1.54, 1.807) is 0 Å². The van der Waals surface area contributed by atoms with Crippen molar-refractivity contribution < 1.29 is 4.42 Å². The van der Waals surface area contributed by atoms with E-state index < -0.39 is 5.41 Å². The third-order valence-electron chi connectivity index (χ3n) is 13.5. The van der Waals surface area contributed by atoms with Crippen LogP contribution in [0.25, 0.3) is 106 Å². The fourth-order valence-corrected chi connectivity index (χ4v) is 10.9. The fourth-order valence-electron chi connectivity index (χ4n) is 10.9. The molecule has 0 fully saturated rings. The van der Waals surface area contributed by atoms with Gasteiger partial charge in [-0.25, -0.2) is 19.9 Å². The van der Waals surface area contributed by atoms with Crippen molar-refractivity contribution in [2.45, 2.75) is 5.41 Å². The standard InChI is InChI=1S/C59H35N5O/c1-2-17-36(18-3-1)58-60-50-32-11-12-33-51(50)64(58)38-20-14-19-37(35-38)55-61-56(63-57(62-55)45-27-15-25-42-41-23-7-13-34-52(41)65-54(42)45)44-26-16-31-49-53(44)43-24-6-10-30-48(43)59(49)46-28-8-4-21-39(46)40-22-5-9-29-47(40)59/h1-35H. The number of furan rings is 1. The number of hydrogen-bond acceptors (Lipinski definition) is 5. The quantitative estimate of drug-likeness (QED) is 0.173. The van der Waals surface area contributed by atoms with Gasteiger partial charge in [-0.15, -0.1) is 0 Å². The van der Waals surface area contributed by atoms with Crippen LogP contribution in [0.2, 0.25) is 0 Å². The first-order valence-corrected chi connectivity index (χ1v) is 22.0. The minimum absolute atomic E-state index is 0.508. The summed E-state index contributed by atoms with van der Waals surface area (Å²) in [6, 6.07) is 74.8. The number of nitrogens with zero attached hydrogens (tertiary/aromatic N) is 5. The molecule has 0 aliphatic heterocycles. The molecule has 0 amide bonds. The zero-order chi connectivity index (χ0) is 42.6. The van der Waals surface area contributed by atoms with Crippen LogP contribution in [-0.2, 0) is 5.41 Å². The van der Waals surface area contributed by atoms with Crippen molar-refractivity contribution in [3.8, 4) is 73.5 Å². The number of aromatic nitrogens is 5. The lowest BCUT2D eigenvalue weighted by atomic mass is 9.70. The van der Waals surface area contributed by atoms with E-state index in [9.17, 15) is 0 Å². The number of para-hydroxylation sites is 4. The van der Waals surface area contributed by atoms with Gasteiger partial charge >= 0.3 is 0 Å². The van der Waals surface area contributed by atoms with Crippen molar-refractivity contribution in [2.75, 3.05) is 0 Å². The van der Waals surface area contributed by atoms with Crippen molar-refractivity contribution in [3.63, 3.8) is 0 Å². The minimum Gasteiger partial charge on any atom is -0.455 e. The molecule has 0 N–H and O–H groups in total. The summed E-state index contributed by atoms with van der Waals surface area (Å²) in [5, 5.41) is 2.06. The Morgan fingerprint density at radius 1 is 0.385 bits per heavy atom. The van der Waals surface area contributed by atoms with E-state index in [0.29, 0.717) is 17.5 Å². The molecule has 1 spiro atoms. The van der Waals surface area contributed by atoms with Gasteiger partial charge in [-0.3, -0.25) is 4.57 Å². The van der Waals surface area contributed by atoms with Crippen molar-refractivity contribution in [1.29, 1.82) is 0 Å². The summed E-state index contributed by atoms with van der Waals surface area (Å²) in [7, 11) is 0. The van der Waals surface area contributed by atoms with Crippen molar-refractivity contribution in [2.24, 2.45) is 0 Å². The summed E-state index contributed by atoms with van der Waals surface area (Å²) < 4.78 is 8.86. The summed E-state index contributed by atoms with van der Waals surface area (Å²) in [6.45, 7) is 0. The van der Waals surface area contributed by atoms with E-state index in [1.165, 1.54) is 38.9 Å². The van der Waals surface area contributed by atoms with Crippen LogP contribution in [0.15, 0.2) is 217 Å². The summed E-state index contributed by atoms with van der Waals surface area (Å²) in [5.74, 6) is 2.54. The van der Waals surface area contributed by atoms with Crippen molar-refractivity contribution >= 4 is 33.0 Å². The Bertz CT molecular complexity index is 3870. The first-order valence-electron chi connectivity index (χ1n) is 22.0. The van der Waals surface area contributed by atoms with E-state index >= 15 is 0 Å². The van der Waals surface area contributed by atoms with Crippen LogP contribution < -0.4 is 0 Å². The minimum atomic E-state index is -0.508. The molecule has 6 nitrogen and oxygen atoms in total. The predicted molar refractivity (Wildman–Crippen MR) is 260 cm³/mol. The van der Waals surface area contributed by atoms with Crippen LogP contribution in [0.3, 0.4) is 0 Å². The maximum atomic E-state index is 6.63. The van der Waals surface area contributed by atoms with Gasteiger partial charge in [0.25, 0.3) is 0 Å².